The number of aldehydes is 1. The van der Waals surface area contributed by atoms with Crippen molar-refractivity contribution in [1.29, 1.82) is 0 Å². The van der Waals surface area contributed by atoms with E-state index in [9.17, 15) is 4.79 Å². The highest BCUT2D eigenvalue weighted by Gasteiger charge is 2.39. The second-order valence-electron chi connectivity index (χ2n) is 4.22. The van der Waals surface area contributed by atoms with Gasteiger partial charge in [-0.3, -0.25) is 4.90 Å². The molecule has 1 saturated heterocycles. The first-order chi connectivity index (χ1) is 6.83. The van der Waals surface area contributed by atoms with E-state index < -0.39 is 0 Å². The number of hydrogen-bond acceptors (Lipinski definition) is 2. The van der Waals surface area contributed by atoms with Crippen LogP contribution in [0.5, 0.6) is 0 Å². The molecule has 1 saturated carbocycles. The number of carbonyl (C=O) groups excluding carboxylic acids is 1. The van der Waals surface area contributed by atoms with Gasteiger partial charge in [-0.25, -0.2) is 0 Å². The number of nitrogens with zero attached hydrogens (tertiary/aromatic N) is 1. The van der Waals surface area contributed by atoms with E-state index in [-0.39, 0.29) is 6.04 Å². The zero-order chi connectivity index (χ0) is 10.6. The van der Waals surface area contributed by atoms with E-state index in [0.29, 0.717) is 6.04 Å². The molecule has 2 nitrogen and oxygen atoms in total. The molecule has 0 radical (unpaired) electrons. The Hall–Kier alpha value is -0.370. The molecule has 0 amide bonds. The number of rotatable bonds is 1. The van der Waals surface area contributed by atoms with Gasteiger partial charge < -0.3 is 4.79 Å². The van der Waals surface area contributed by atoms with Crippen LogP contribution in [-0.4, -0.2) is 30.3 Å². The van der Waals surface area contributed by atoms with E-state index in [4.69, 9.17) is 0 Å². The highest BCUT2D eigenvalue weighted by Crippen LogP contribution is 2.37. The summed E-state index contributed by atoms with van der Waals surface area (Å²) in [5, 5.41) is 0. The Bertz CT molecular complexity index is 181. The molecule has 82 valence electrons. The molecule has 0 aromatic rings. The van der Waals surface area contributed by atoms with Gasteiger partial charge in [-0.15, -0.1) is 0 Å². The molecule has 3 unspecified atom stereocenters. The normalized spacial score (nSPS) is 36.9. The van der Waals surface area contributed by atoms with Crippen molar-refractivity contribution in [2.75, 3.05) is 7.05 Å². The van der Waals surface area contributed by atoms with Crippen LogP contribution in [0.25, 0.3) is 0 Å². The summed E-state index contributed by atoms with van der Waals surface area (Å²) in [6, 6.07) is 0.937. The van der Waals surface area contributed by atoms with Crippen molar-refractivity contribution in [3.63, 3.8) is 0 Å². The van der Waals surface area contributed by atoms with Crippen LogP contribution in [0.2, 0.25) is 0 Å². The minimum absolute atomic E-state index is 0.220. The molecule has 0 aromatic carbocycles. The van der Waals surface area contributed by atoms with Crippen molar-refractivity contribution in [3.8, 4) is 0 Å². The maximum absolute atomic E-state index is 10.7. The van der Waals surface area contributed by atoms with E-state index in [0.717, 1.165) is 18.6 Å². The molecular weight excluding hydrogens is 174 g/mol. The lowest BCUT2D eigenvalue weighted by Crippen LogP contribution is -2.35. The number of fused-ring (bicyclic) bond motifs is 1. The van der Waals surface area contributed by atoms with Crippen LogP contribution in [0.15, 0.2) is 0 Å². The second-order valence-corrected chi connectivity index (χ2v) is 4.22. The molecule has 0 spiro atoms. The average Bonchev–Trinajstić information content (AvgIpc) is 2.59. The predicted molar refractivity (Wildman–Crippen MR) is 59.3 cm³/mol. The molecule has 0 bridgehead atoms. The zero-order valence-corrected chi connectivity index (χ0v) is 9.70. The summed E-state index contributed by atoms with van der Waals surface area (Å²) in [7, 11) is 2.11. The largest absolute Gasteiger partial charge is 0.302 e. The van der Waals surface area contributed by atoms with Gasteiger partial charge in [0.25, 0.3) is 0 Å². The smallest absolute Gasteiger partial charge is 0.137 e. The van der Waals surface area contributed by atoms with Gasteiger partial charge in [-0.2, -0.15) is 0 Å². The predicted octanol–water partition coefficient (Wildman–Crippen LogP) is 2.47. The van der Waals surface area contributed by atoms with Crippen molar-refractivity contribution >= 4 is 6.29 Å². The Morgan fingerprint density at radius 1 is 1.21 bits per heavy atom. The Kier molecular flexibility index (Phi) is 4.59. The van der Waals surface area contributed by atoms with E-state index in [2.05, 4.69) is 11.9 Å². The van der Waals surface area contributed by atoms with Crippen molar-refractivity contribution in [2.24, 2.45) is 5.92 Å². The lowest BCUT2D eigenvalue weighted by molar-refractivity contribution is -0.111. The van der Waals surface area contributed by atoms with Crippen LogP contribution in [0.1, 0.15) is 46.0 Å². The summed E-state index contributed by atoms with van der Waals surface area (Å²) in [6.07, 6.45) is 7.63. The summed E-state index contributed by atoms with van der Waals surface area (Å²) >= 11 is 0. The third-order valence-electron chi connectivity index (χ3n) is 3.62. The minimum atomic E-state index is 0.220. The molecule has 1 aliphatic carbocycles. The second kappa shape index (κ2) is 5.50. The molecular formula is C12H23NO. The van der Waals surface area contributed by atoms with Gasteiger partial charge in [0.15, 0.2) is 0 Å². The fourth-order valence-corrected chi connectivity index (χ4v) is 2.87. The van der Waals surface area contributed by atoms with Crippen molar-refractivity contribution in [1.82, 2.24) is 4.90 Å². The van der Waals surface area contributed by atoms with Gasteiger partial charge >= 0.3 is 0 Å². The summed E-state index contributed by atoms with van der Waals surface area (Å²) in [5.74, 6) is 0.818. The molecule has 0 aromatic heterocycles. The van der Waals surface area contributed by atoms with Crippen molar-refractivity contribution in [3.05, 3.63) is 0 Å². The van der Waals surface area contributed by atoms with Gasteiger partial charge in [0.1, 0.15) is 6.29 Å². The van der Waals surface area contributed by atoms with Crippen LogP contribution >= 0.6 is 0 Å². The number of likely N-dealkylation sites (tertiary alicyclic amines) is 1. The maximum atomic E-state index is 10.7. The number of likely N-dealkylation sites (N-methyl/N-ethyl adjacent to an activating group) is 1. The molecule has 3 atom stereocenters. The topological polar surface area (TPSA) is 20.3 Å². The Morgan fingerprint density at radius 2 is 1.86 bits per heavy atom. The summed E-state index contributed by atoms with van der Waals surface area (Å²) in [6.45, 7) is 4.00. The van der Waals surface area contributed by atoms with Gasteiger partial charge in [-0.05, 0) is 32.2 Å². The molecule has 2 heteroatoms. The van der Waals surface area contributed by atoms with Crippen LogP contribution in [-0.2, 0) is 4.79 Å². The molecule has 0 N–H and O–H groups in total. The van der Waals surface area contributed by atoms with E-state index in [1.807, 2.05) is 13.8 Å². The average molecular weight is 197 g/mol. The molecule has 1 heterocycles. The zero-order valence-electron chi connectivity index (χ0n) is 9.70. The molecule has 2 rings (SSSR count). The molecule has 2 aliphatic rings. The van der Waals surface area contributed by atoms with Crippen molar-refractivity contribution in [2.45, 2.75) is 58.0 Å². The SMILES string of the molecule is CC.CN1C(C=O)CC2CCCCC21. The highest BCUT2D eigenvalue weighted by atomic mass is 16.1. The standard InChI is InChI=1S/C10H17NO.C2H6/c1-11-9(7-12)6-8-4-2-3-5-10(8)11;1-2/h7-10H,2-6H2,1H3;1-2H3. The first-order valence-corrected chi connectivity index (χ1v) is 6.00. The third-order valence-corrected chi connectivity index (χ3v) is 3.62. The summed E-state index contributed by atoms with van der Waals surface area (Å²) in [4.78, 5) is 13.0. The quantitative estimate of drug-likeness (QED) is 0.602. The minimum Gasteiger partial charge on any atom is -0.302 e. The van der Waals surface area contributed by atoms with Gasteiger partial charge in [0.2, 0.25) is 0 Å². The fraction of sp³-hybridized carbons (Fsp3) is 0.917. The van der Waals surface area contributed by atoms with Crippen LogP contribution in [0, 0.1) is 5.92 Å². The lowest BCUT2D eigenvalue weighted by Gasteiger charge is -2.29. The summed E-state index contributed by atoms with van der Waals surface area (Å²) in [5.41, 5.74) is 0. The van der Waals surface area contributed by atoms with Crippen LogP contribution in [0.3, 0.4) is 0 Å². The van der Waals surface area contributed by atoms with Crippen LogP contribution in [0.4, 0.5) is 0 Å². The Labute approximate surface area is 87.7 Å². The van der Waals surface area contributed by atoms with Gasteiger partial charge in [0.05, 0.1) is 6.04 Å². The monoisotopic (exact) mass is 197 g/mol. The first-order valence-electron chi connectivity index (χ1n) is 6.00. The van der Waals surface area contributed by atoms with Crippen molar-refractivity contribution < 1.29 is 4.79 Å². The number of hydrogen-bond donors (Lipinski definition) is 0. The maximum Gasteiger partial charge on any atom is 0.137 e. The van der Waals surface area contributed by atoms with Crippen LogP contribution < -0.4 is 0 Å². The lowest BCUT2D eigenvalue weighted by atomic mass is 9.85. The molecule has 1 aliphatic heterocycles. The molecule has 2 fully saturated rings. The number of carbonyl (C=O) groups is 1. The van der Waals surface area contributed by atoms with E-state index >= 15 is 0 Å². The Balaban J connectivity index is 0.000000461. The van der Waals surface area contributed by atoms with E-state index in [1.165, 1.54) is 25.7 Å². The van der Waals surface area contributed by atoms with Gasteiger partial charge in [0, 0.05) is 6.04 Å². The fourth-order valence-electron chi connectivity index (χ4n) is 2.87. The third kappa shape index (κ3) is 2.17. The summed E-state index contributed by atoms with van der Waals surface area (Å²) < 4.78 is 0. The highest BCUT2D eigenvalue weighted by molar-refractivity contribution is 5.58. The van der Waals surface area contributed by atoms with Gasteiger partial charge in [-0.1, -0.05) is 26.7 Å². The molecule has 14 heavy (non-hydrogen) atoms. The van der Waals surface area contributed by atoms with E-state index in [1.54, 1.807) is 0 Å². The first kappa shape index (κ1) is 11.7. The Morgan fingerprint density at radius 3 is 2.43 bits per heavy atom.